The second-order valence-corrected chi connectivity index (χ2v) is 28.9. The van der Waals surface area contributed by atoms with Crippen LogP contribution in [0.25, 0.3) is 11.3 Å². The number of carbonyl (C=O) groups is 1. The molecule has 5 rings (SSSR count). The Bertz CT molecular complexity index is 1790. The average Bonchev–Trinajstić information content (AvgIpc) is 3.54. The van der Waals surface area contributed by atoms with Crippen molar-refractivity contribution >= 4 is 22.7 Å². The smallest absolute Gasteiger partial charge is 0.407 e. The molecule has 1 N–H and O–H groups in total. The molecule has 0 bridgehead atoms. The predicted molar refractivity (Wildman–Crippen MR) is 220 cm³/mol. The summed E-state index contributed by atoms with van der Waals surface area (Å²) >= 11 is 0. The van der Waals surface area contributed by atoms with Crippen molar-refractivity contribution in [2.24, 2.45) is 17.8 Å². The molecule has 3 aromatic rings. The van der Waals surface area contributed by atoms with Gasteiger partial charge in [-0.25, -0.2) is 9.78 Å². The van der Waals surface area contributed by atoms with Crippen molar-refractivity contribution in [1.82, 2.24) is 24.9 Å². The summed E-state index contributed by atoms with van der Waals surface area (Å²) in [7, 11) is -3.80. The highest BCUT2D eigenvalue weighted by atomic mass is 28.4. The van der Waals surface area contributed by atoms with Gasteiger partial charge in [-0.3, -0.25) is 0 Å². The van der Waals surface area contributed by atoms with Crippen molar-refractivity contribution in [3.05, 3.63) is 59.8 Å². The molecule has 12 heteroatoms. The SMILES string of the molecule is CC(O[Si](C)(C)C(C)(C)C)c1nccn1[C@H](CNC(=O)OC(C)(C)C)c1cc(-c2ccc(C#CC3[C@H]4CN(CCO[Si](C)(C)C(C)(C)C)C[C@@H]34)cc2)on1. The van der Waals surface area contributed by atoms with E-state index in [2.05, 4.69) is 94.9 Å². The van der Waals surface area contributed by atoms with Crippen molar-refractivity contribution in [3.8, 4) is 23.2 Å². The molecule has 2 aromatic heterocycles. The molecular weight excluding hydrogens is 711 g/mol. The lowest BCUT2D eigenvalue weighted by atomic mass is 10.1. The summed E-state index contributed by atoms with van der Waals surface area (Å²) in [5.41, 5.74) is 1.92. The number of fused-ring (bicyclic) bond motifs is 1. The standard InChI is InChI=1S/C42H65N5O5Si2/c1-29(52-54(13,14)42(8,9)10)38-43-21-22-47(38)36(26-44-39(48)50-40(2,3)4)35-25-37(51-45-35)31-18-15-30(16-19-31)17-20-32-33-27-46(28-34(32)33)23-24-49-53(11,12)41(5,6)7/h15-16,18-19,21-22,25,29,32-34,36H,23-24,26-28H2,1-14H3,(H,44,48)/t29?,32?,33-,34+,36-/m1/s1. The Hall–Kier alpha value is -3.22. The minimum absolute atomic E-state index is 0.0397. The number of benzene rings is 1. The maximum absolute atomic E-state index is 12.8. The first-order chi connectivity index (χ1) is 25.0. The first-order valence-electron chi connectivity index (χ1n) is 19.6. The number of ether oxygens (including phenoxy) is 1. The van der Waals surface area contributed by atoms with E-state index >= 15 is 0 Å². The van der Waals surface area contributed by atoms with Crippen LogP contribution in [0, 0.1) is 29.6 Å². The Morgan fingerprint density at radius 2 is 1.61 bits per heavy atom. The van der Waals surface area contributed by atoms with Crippen LogP contribution < -0.4 is 5.32 Å². The molecule has 0 spiro atoms. The van der Waals surface area contributed by atoms with Gasteiger partial charge in [-0.05, 0) is 100 Å². The van der Waals surface area contributed by atoms with Crippen LogP contribution in [0.2, 0.25) is 36.3 Å². The minimum atomic E-state index is -2.09. The molecule has 10 nitrogen and oxygen atoms in total. The molecule has 5 atom stereocenters. The molecule has 2 unspecified atom stereocenters. The summed E-state index contributed by atoms with van der Waals surface area (Å²) < 4.78 is 26.6. The van der Waals surface area contributed by atoms with E-state index in [1.54, 1.807) is 6.20 Å². The summed E-state index contributed by atoms with van der Waals surface area (Å²) in [4.78, 5) is 20.0. The maximum atomic E-state index is 12.8. The van der Waals surface area contributed by atoms with E-state index in [0.717, 1.165) is 43.2 Å². The van der Waals surface area contributed by atoms with Gasteiger partial charge in [-0.15, -0.1) is 0 Å². The van der Waals surface area contributed by atoms with Crippen molar-refractivity contribution in [2.75, 3.05) is 32.8 Å². The van der Waals surface area contributed by atoms with Crippen LogP contribution in [-0.4, -0.2) is 80.7 Å². The number of carbonyl (C=O) groups excluding carboxylic acids is 1. The number of hydrogen-bond donors (Lipinski definition) is 1. The van der Waals surface area contributed by atoms with E-state index < -0.39 is 34.4 Å². The van der Waals surface area contributed by atoms with Gasteiger partial charge < -0.3 is 32.9 Å². The normalized spacial score (nSPS) is 20.5. The van der Waals surface area contributed by atoms with Crippen molar-refractivity contribution < 1.29 is 22.9 Å². The van der Waals surface area contributed by atoms with E-state index in [1.165, 1.54) is 0 Å². The van der Waals surface area contributed by atoms with Crippen molar-refractivity contribution in [2.45, 2.75) is 123 Å². The topological polar surface area (TPSA) is 104 Å². The molecule has 54 heavy (non-hydrogen) atoms. The van der Waals surface area contributed by atoms with Gasteiger partial charge in [0.05, 0.1) is 6.04 Å². The zero-order valence-electron chi connectivity index (χ0n) is 35.3. The molecule has 1 aromatic carbocycles. The molecule has 1 aliphatic heterocycles. The van der Waals surface area contributed by atoms with E-state index in [-0.39, 0.29) is 22.7 Å². The van der Waals surface area contributed by atoms with Crippen molar-refractivity contribution in [1.29, 1.82) is 0 Å². The lowest BCUT2D eigenvalue weighted by Crippen LogP contribution is -2.42. The second kappa shape index (κ2) is 15.7. The lowest BCUT2D eigenvalue weighted by molar-refractivity contribution is 0.0521. The van der Waals surface area contributed by atoms with Crippen LogP contribution >= 0.6 is 0 Å². The van der Waals surface area contributed by atoms with Crippen LogP contribution in [-0.2, 0) is 13.6 Å². The summed E-state index contributed by atoms with van der Waals surface area (Å²) in [6, 6.07) is 9.66. The Morgan fingerprint density at radius 3 is 2.20 bits per heavy atom. The van der Waals surface area contributed by atoms with Gasteiger partial charge in [0.2, 0.25) is 0 Å². The predicted octanol–water partition coefficient (Wildman–Crippen LogP) is 9.29. The zero-order valence-corrected chi connectivity index (χ0v) is 37.3. The Kier molecular flexibility index (Phi) is 12.2. The van der Waals surface area contributed by atoms with E-state index in [9.17, 15) is 4.79 Å². The highest BCUT2D eigenvalue weighted by Gasteiger charge is 2.54. The molecule has 1 saturated heterocycles. The molecule has 296 valence electrons. The van der Waals surface area contributed by atoms with Gasteiger partial charge in [0.25, 0.3) is 0 Å². The maximum Gasteiger partial charge on any atom is 0.407 e. The fourth-order valence-corrected chi connectivity index (χ4v) is 8.91. The Balaban J connectivity index is 1.24. The molecule has 1 amide bonds. The number of amides is 1. The number of nitrogens with one attached hydrogen (secondary N) is 1. The van der Waals surface area contributed by atoms with E-state index in [4.69, 9.17) is 23.1 Å². The lowest BCUT2D eigenvalue weighted by Gasteiger charge is -2.38. The zero-order chi connectivity index (χ0) is 39.9. The second-order valence-electron chi connectivity index (χ2n) is 19.3. The summed E-state index contributed by atoms with van der Waals surface area (Å²) in [5.74, 6) is 10.2. The number of imidazole rings is 1. The van der Waals surface area contributed by atoms with Gasteiger partial charge in [0.15, 0.2) is 22.4 Å². The third-order valence-electron chi connectivity index (χ3n) is 11.9. The van der Waals surface area contributed by atoms with Crippen LogP contribution in [0.5, 0.6) is 0 Å². The molecule has 1 aliphatic carbocycles. The van der Waals surface area contributed by atoms with Crippen LogP contribution in [0.1, 0.15) is 98.5 Å². The summed E-state index contributed by atoms with van der Waals surface area (Å²) in [6.45, 7) is 34.5. The van der Waals surface area contributed by atoms with Gasteiger partial charge in [0.1, 0.15) is 23.2 Å². The highest BCUT2D eigenvalue weighted by molar-refractivity contribution is 6.74. The van der Waals surface area contributed by atoms with Crippen LogP contribution in [0.4, 0.5) is 4.79 Å². The Morgan fingerprint density at radius 1 is 0.981 bits per heavy atom. The fraction of sp³-hybridized carbons (Fsp3) is 0.643. The Labute approximate surface area is 326 Å². The van der Waals surface area contributed by atoms with E-state index in [0.29, 0.717) is 29.2 Å². The largest absolute Gasteiger partial charge is 0.444 e. The van der Waals surface area contributed by atoms with Gasteiger partial charge in [-0.1, -0.05) is 58.5 Å². The third kappa shape index (κ3) is 10.1. The first kappa shape index (κ1) is 41.9. The van der Waals surface area contributed by atoms with Crippen LogP contribution in [0.15, 0.2) is 47.2 Å². The molecule has 1 saturated carbocycles. The molecule has 3 heterocycles. The number of likely N-dealkylation sites (tertiary alicyclic amines) is 1. The number of nitrogens with zero attached hydrogens (tertiary/aromatic N) is 4. The van der Waals surface area contributed by atoms with Crippen molar-refractivity contribution in [3.63, 3.8) is 0 Å². The average molecular weight is 776 g/mol. The molecule has 2 aliphatic rings. The quantitative estimate of drug-likeness (QED) is 0.144. The number of piperidine rings is 1. The molecular formula is C42H65N5O5Si2. The monoisotopic (exact) mass is 775 g/mol. The highest BCUT2D eigenvalue weighted by Crippen LogP contribution is 2.51. The molecule has 0 radical (unpaired) electrons. The number of aromatic nitrogens is 3. The van der Waals surface area contributed by atoms with Gasteiger partial charge in [-0.2, -0.15) is 0 Å². The van der Waals surface area contributed by atoms with Crippen LogP contribution in [0.3, 0.4) is 0 Å². The summed E-state index contributed by atoms with van der Waals surface area (Å²) in [5, 5.41) is 7.72. The third-order valence-corrected chi connectivity index (χ3v) is 21.0. The first-order valence-corrected chi connectivity index (χ1v) is 25.4. The fourth-order valence-electron chi connectivity index (χ4n) is 6.54. The van der Waals surface area contributed by atoms with Gasteiger partial charge in [0, 0.05) is 68.3 Å². The number of rotatable bonds is 12. The molecule has 2 fully saturated rings. The minimum Gasteiger partial charge on any atom is -0.444 e. The van der Waals surface area contributed by atoms with E-state index in [1.807, 2.05) is 68.8 Å². The van der Waals surface area contributed by atoms with Gasteiger partial charge >= 0.3 is 6.09 Å². The summed E-state index contributed by atoms with van der Waals surface area (Å²) in [6.07, 6.45) is 2.89. The number of hydrogen-bond acceptors (Lipinski definition) is 8. The number of alkyl carbamates (subject to hydrolysis) is 1.